The van der Waals surface area contributed by atoms with Gasteiger partial charge >= 0.3 is 0 Å². The van der Waals surface area contributed by atoms with Crippen LogP contribution >= 0.6 is 0 Å². The Hall–Kier alpha value is -1.61. The third-order valence-corrected chi connectivity index (χ3v) is 3.13. The SMILES string of the molecule is Cc1cc2ccccc2nc1N(C)CCC(C)O. The summed E-state index contributed by atoms with van der Waals surface area (Å²) in [5.74, 6) is 0.995. The molecule has 96 valence electrons. The minimum Gasteiger partial charge on any atom is -0.393 e. The van der Waals surface area contributed by atoms with Crippen molar-refractivity contribution in [1.29, 1.82) is 0 Å². The van der Waals surface area contributed by atoms with Crippen LogP contribution in [-0.4, -0.2) is 29.8 Å². The first-order valence-corrected chi connectivity index (χ1v) is 6.33. The van der Waals surface area contributed by atoms with E-state index in [2.05, 4.69) is 24.0 Å². The summed E-state index contributed by atoms with van der Waals surface area (Å²) in [4.78, 5) is 6.80. The number of aliphatic hydroxyl groups excluding tert-OH is 1. The quantitative estimate of drug-likeness (QED) is 0.898. The predicted octanol–water partition coefficient (Wildman–Crippen LogP) is 2.75. The van der Waals surface area contributed by atoms with Gasteiger partial charge in [0, 0.05) is 19.0 Å². The molecule has 2 aromatic rings. The number of rotatable bonds is 4. The van der Waals surface area contributed by atoms with Gasteiger partial charge in [-0.3, -0.25) is 0 Å². The Kier molecular flexibility index (Phi) is 3.82. The monoisotopic (exact) mass is 244 g/mol. The second-order valence-electron chi connectivity index (χ2n) is 4.88. The Bertz CT molecular complexity index is 537. The van der Waals surface area contributed by atoms with Gasteiger partial charge in [0.05, 0.1) is 11.6 Å². The first-order valence-electron chi connectivity index (χ1n) is 6.33. The van der Waals surface area contributed by atoms with Gasteiger partial charge in [0.25, 0.3) is 0 Å². The molecule has 0 amide bonds. The van der Waals surface area contributed by atoms with E-state index in [1.54, 1.807) is 0 Å². The molecule has 0 bridgehead atoms. The second-order valence-corrected chi connectivity index (χ2v) is 4.88. The number of nitrogens with zero attached hydrogens (tertiary/aromatic N) is 2. The number of aromatic nitrogens is 1. The highest BCUT2D eigenvalue weighted by molar-refractivity contribution is 5.81. The van der Waals surface area contributed by atoms with Gasteiger partial charge in [0.15, 0.2) is 0 Å². The fourth-order valence-corrected chi connectivity index (χ4v) is 2.08. The van der Waals surface area contributed by atoms with Crippen molar-refractivity contribution in [3.05, 3.63) is 35.9 Å². The van der Waals surface area contributed by atoms with Crippen molar-refractivity contribution in [2.24, 2.45) is 0 Å². The van der Waals surface area contributed by atoms with E-state index in [4.69, 9.17) is 4.98 Å². The van der Waals surface area contributed by atoms with Crippen molar-refractivity contribution in [2.75, 3.05) is 18.5 Å². The maximum absolute atomic E-state index is 9.34. The van der Waals surface area contributed by atoms with Crippen molar-refractivity contribution < 1.29 is 5.11 Å². The molecule has 0 saturated carbocycles. The highest BCUT2D eigenvalue weighted by atomic mass is 16.3. The molecule has 0 aliphatic heterocycles. The summed E-state index contributed by atoms with van der Waals surface area (Å²) >= 11 is 0. The van der Waals surface area contributed by atoms with Gasteiger partial charge in [-0.25, -0.2) is 4.98 Å². The van der Waals surface area contributed by atoms with E-state index in [1.165, 1.54) is 10.9 Å². The molecule has 1 atom stereocenters. The molecule has 0 fully saturated rings. The summed E-state index contributed by atoms with van der Waals surface area (Å²) in [6, 6.07) is 10.3. The van der Waals surface area contributed by atoms with Gasteiger partial charge in [-0.1, -0.05) is 18.2 Å². The Labute approximate surface area is 108 Å². The molecule has 0 aliphatic rings. The molecular weight excluding hydrogens is 224 g/mol. The van der Waals surface area contributed by atoms with Crippen LogP contribution in [0.25, 0.3) is 10.9 Å². The Morgan fingerprint density at radius 1 is 1.33 bits per heavy atom. The maximum Gasteiger partial charge on any atom is 0.131 e. The van der Waals surface area contributed by atoms with Gasteiger partial charge in [0.2, 0.25) is 0 Å². The Morgan fingerprint density at radius 2 is 2.06 bits per heavy atom. The molecule has 0 radical (unpaired) electrons. The molecule has 3 nitrogen and oxygen atoms in total. The molecular formula is C15H20N2O. The molecule has 18 heavy (non-hydrogen) atoms. The van der Waals surface area contributed by atoms with E-state index in [1.807, 2.05) is 32.2 Å². The van der Waals surface area contributed by atoms with E-state index < -0.39 is 0 Å². The number of aliphatic hydroxyl groups is 1. The van der Waals surface area contributed by atoms with E-state index in [0.29, 0.717) is 0 Å². The van der Waals surface area contributed by atoms with Gasteiger partial charge in [0.1, 0.15) is 5.82 Å². The van der Waals surface area contributed by atoms with Crippen LogP contribution in [0, 0.1) is 6.92 Å². The number of aryl methyl sites for hydroxylation is 1. The number of hydrogen-bond donors (Lipinski definition) is 1. The van der Waals surface area contributed by atoms with Crippen molar-refractivity contribution in [3.63, 3.8) is 0 Å². The predicted molar refractivity (Wildman–Crippen MR) is 76.0 cm³/mol. The van der Waals surface area contributed by atoms with Crippen LogP contribution in [0.2, 0.25) is 0 Å². The number of anilines is 1. The third-order valence-electron chi connectivity index (χ3n) is 3.13. The van der Waals surface area contributed by atoms with Gasteiger partial charge in [-0.2, -0.15) is 0 Å². The van der Waals surface area contributed by atoms with Crippen molar-refractivity contribution in [1.82, 2.24) is 4.98 Å². The minimum atomic E-state index is -0.270. The zero-order valence-electron chi connectivity index (χ0n) is 11.2. The number of pyridine rings is 1. The van der Waals surface area contributed by atoms with Crippen LogP contribution in [0.4, 0.5) is 5.82 Å². The molecule has 1 aromatic heterocycles. The van der Waals surface area contributed by atoms with Crippen molar-refractivity contribution in [2.45, 2.75) is 26.4 Å². The summed E-state index contributed by atoms with van der Waals surface area (Å²) in [5.41, 5.74) is 2.18. The zero-order valence-corrected chi connectivity index (χ0v) is 11.2. The lowest BCUT2D eigenvalue weighted by Crippen LogP contribution is -2.23. The van der Waals surface area contributed by atoms with E-state index in [-0.39, 0.29) is 6.10 Å². The van der Waals surface area contributed by atoms with E-state index in [0.717, 1.165) is 24.3 Å². The average Bonchev–Trinajstić information content (AvgIpc) is 2.35. The maximum atomic E-state index is 9.34. The number of benzene rings is 1. The van der Waals surface area contributed by atoms with Crippen molar-refractivity contribution >= 4 is 16.7 Å². The molecule has 1 heterocycles. The topological polar surface area (TPSA) is 36.4 Å². The lowest BCUT2D eigenvalue weighted by atomic mass is 10.1. The van der Waals surface area contributed by atoms with Gasteiger partial charge in [-0.15, -0.1) is 0 Å². The third kappa shape index (κ3) is 2.79. The largest absolute Gasteiger partial charge is 0.393 e. The zero-order chi connectivity index (χ0) is 13.1. The van der Waals surface area contributed by atoms with Crippen LogP contribution in [0.5, 0.6) is 0 Å². The fourth-order valence-electron chi connectivity index (χ4n) is 2.08. The second kappa shape index (κ2) is 5.36. The number of fused-ring (bicyclic) bond motifs is 1. The molecule has 0 spiro atoms. The van der Waals surface area contributed by atoms with E-state index >= 15 is 0 Å². The lowest BCUT2D eigenvalue weighted by molar-refractivity contribution is 0.187. The van der Waals surface area contributed by atoms with Crippen molar-refractivity contribution in [3.8, 4) is 0 Å². The molecule has 2 rings (SSSR count). The summed E-state index contributed by atoms with van der Waals surface area (Å²) in [6.45, 7) is 4.70. The first-order chi connectivity index (χ1) is 8.58. The van der Waals surface area contributed by atoms with Gasteiger partial charge in [-0.05, 0) is 38.0 Å². The minimum absolute atomic E-state index is 0.270. The Balaban J connectivity index is 2.29. The van der Waals surface area contributed by atoms with E-state index in [9.17, 15) is 5.11 Å². The standard InChI is InChI=1S/C15H20N2O/c1-11-10-13-6-4-5-7-14(13)16-15(11)17(3)9-8-12(2)18/h4-7,10,12,18H,8-9H2,1-3H3. The lowest BCUT2D eigenvalue weighted by Gasteiger charge is -2.21. The van der Waals surface area contributed by atoms with Crippen LogP contribution in [0.1, 0.15) is 18.9 Å². The first kappa shape index (κ1) is 12.8. The molecule has 1 N–H and O–H groups in total. The molecule has 1 unspecified atom stereocenters. The molecule has 0 saturated heterocycles. The van der Waals surface area contributed by atoms with Crippen LogP contribution in [0.3, 0.4) is 0 Å². The smallest absolute Gasteiger partial charge is 0.131 e. The fraction of sp³-hybridized carbons (Fsp3) is 0.400. The summed E-state index contributed by atoms with van der Waals surface area (Å²) < 4.78 is 0. The normalized spacial score (nSPS) is 12.7. The summed E-state index contributed by atoms with van der Waals surface area (Å²) in [6.07, 6.45) is 0.484. The van der Waals surface area contributed by atoms with Crippen LogP contribution in [-0.2, 0) is 0 Å². The van der Waals surface area contributed by atoms with Crippen LogP contribution in [0.15, 0.2) is 30.3 Å². The summed E-state index contributed by atoms with van der Waals surface area (Å²) in [7, 11) is 2.02. The number of para-hydroxylation sites is 1. The Morgan fingerprint density at radius 3 is 2.78 bits per heavy atom. The van der Waals surface area contributed by atoms with Gasteiger partial charge < -0.3 is 10.0 Å². The summed E-state index contributed by atoms with van der Waals surface area (Å²) in [5, 5.41) is 10.5. The highest BCUT2D eigenvalue weighted by Crippen LogP contribution is 2.22. The molecule has 1 aromatic carbocycles. The average molecular weight is 244 g/mol. The molecule has 3 heteroatoms. The highest BCUT2D eigenvalue weighted by Gasteiger charge is 2.09. The number of hydrogen-bond acceptors (Lipinski definition) is 3. The molecule has 0 aliphatic carbocycles. The van der Waals surface area contributed by atoms with Crippen LogP contribution < -0.4 is 4.90 Å².